The van der Waals surface area contributed by atoms with Gasteiger partial charge in [0.05, 0.1) is 6.61 Å². The second kappa shape index (κ2) is 8.47. The Hall–Kier alpha value is -1.81. The van der Waals surface area contributed by atoms with Crippen LogP contribution < -0.4 is 9.64 Å². The summed E-state index contributed by atoms with van der Waals surface area (Å²) in [5.41, 5.74) is 1.22. The molecule has 0 atom stereocenters. The highest BCUT2D eigenvalue weighted by molar-refractivity contribution is 6.18. The molecule has 5 heteroatoms. The van der Waals surface area contributed by atoms with E-state index < -0.39 is 0 Å². The van der Waals surface area contributed by atoms with Gasteiger partial charge in [-0.3, -0.25) is 0 Å². The van der Waals surface area contributed by atoms with Crippen LogP contribution in [0.4, 0.5) is 5.82 Å². The third kappa shape index (κ3) is 4.90. The molecule has 0 N–H and O–H groups in total. The van der Waals surface area contributed by atoms with E-state index in [0.29, 0.717) is 18.4 Å². The van der Waals surface area contributed by atoms with Gasteiger partial charge in [0.2, 0.25) is 5.88 Å². The van der Waals surface area contributed by atoms with Crippen LogP contribution in [0.3, 0.4) is 0 Å². The fourth-order valence-electron chi connectivity index (χ4n) is 1.97. The van der Waals surface area contributed by atoms with Gasteiger partial charge >= 0.3 is 0 Å². The van der Waals surface area contributed by atoms with Crippen LogP contribution in [-0.2, 0) is 6.54 Å². The van der Waals surface area contributed by atoms with E-state index in [1.165, 1.54) is 11.9 Å². The summed E-state index contributed by atoms with van der Waals surface area (Å²) in [4.78, 5) is 10.6. The van der Waals surface area contributed by atoms with Crippen molar-refractivity contribution < 1.29 is 4.74 Å². The summed E-state index contributed by atoms with van der Waals surface area (Å²) >= 11 is 5.92. The summed E-state index contributed by atoms with van der Waals surface area (Å²) in [6.45, 7) is 4.21. The van der Waals surface area contributed by atoms with Crippen molar-refractivity contribution in [3.63, 3.8) is 0 Å². The first-order valence-corrected chi connectivity index (χ1v) is 7.66. The molecule has 1 aromatic heterocycles. The molecule has 0 aliphatic heterocycles. The van der Waals surface area contributed by atoms with Crippen molar-refractivity contribution in [2.75, 3.05) is 23.9 Å². The molecule has 0 aliphatic rings. The van der Waals surface area contributed by atoms with Crippen molar-refractivity contribution in [2.24, 2.45) is 0 Å². The lowest BCUT2D eigenvalue weighted by Crippen LogP contribution is -2.26. The number of hydrogen-bond acceptors (Lipinski definition) is 4. The summed E-state index contributed by atoms with van der Waals surface area (Å²) in [5.74, 6) is 1.98. The Balaban J connectivity index is 2.13. The SMILES string of the molecule is CCCOc1cc(N(CCCl)Cc2ccccc2)ncn1. The normalized spacial score (nSPS) is 10.4. The molecule has 0 spiro atoms. The van der Waals surface area contributed by atoms with E-state index in [1.807, 2.05) is 24.3 Å². The van der Waals surface area contributed by atoms with E-state index in [9.17, 15) is 0 Å². The van der Waals surface area contributed by atoms with Crippen LogP contribution in [-0.4, -0.2) is 29.0 Å². The van der Waals surface area contributed by atoms with Gasteiger partial charge in [-0.1, -0.05) is 37.3 Å². The molecule has 0 aliphatic carbocycles. The average Bonchev–Trinajstić information content (AvgIpc) is 2.54. The Morgan fingerprint density at radius 1 is 1.19 bits per heavy atom. The van der Waals surface area contributed by atoms with E-state index in [-0.39, 0.29) is 0 Å². The van der Waals surface area contributed by atoms with Gasteiger partial charge in [-0.15, -0.1) is 11.6 Å². The number of halogens is 1. The molecule has 1 heterocycles. The molecule has 0 saturated heterocycles. The third-order valence-corrected chi connectivity index (χ3v) is 3.15. The fourth-order valence-corrected chi connectivity index (χ4v) is 2.17. The molecule has 21 heavy (non-hydrogen) atoms. The molecule has 2 aromatic rings. The van der Waals surface area contributed by atoms with Crippen molar-refractivity contribution >= 4 is 17.4 Å². The molecule has 1 aromatic carbocycles. The molecular weight excluding hydrogens is 286 g/mol. The van der Waals surface area contributed by atoms with E-state index >= 15 is 0 Å². The Morgan fingerprint density at radius 3 is 2.71 bits per heavy atom. The monoisotopic (exact) mass is 305 g/mol. The molecule has 0 unspecified atom stereocenters. The zero-order chi connectivity index (χ0) is 14.9. The molecule has 0 bridgehead atoms. The van der Waals surface area contributed by atoms with Crippen LogP contribution in [0, 0.1) is 0 Å². The highest BCUT2D eigenvalue weighted by atomic mass is 35.5. The molecular formula is C16H20ClN3O. The minimum Gasteiger partial charge on any atom is -0.478 e. The second-order valence-electron chi connectivity index (χ2n) is 4.66. The third-order valence-electron chi connectivity index (χ3n) is 2.98. The van der Waals surface area contributed by atoms with Gasteiger partial charge in [0.15, 0.2) is 0 Å². The van der Waals surface area contributed by atoms with Gasteiger partial charge in [-0.2, -0.15) is 0 Å². The number of aromatic nitrogens is 2. The van der Waals surface area contributed by atoms with Crippen LogP contribution in [0.15, 0.2) is 42.7 Å². The summed E-state index contributed by atoms with van der Waals surface area (Å²) in [6.07, 6.45) is 2.49. The van der Waals surface area contributed by atoms with Crippen LogP contribution in [0.5, 0.6) is 5.88 Å². The number of anilines is 1. The summed E-state index contributed by atoms with van der Waals surface area (Å²) in [7, 11) is 0. The Bertz CT molecular complexity index is 536. The first kappa shape index (κ1) is 15.6. The Morgan fingerprint density at radius 2 is 2.00 bits per heavy atom. The highest BCUT2D eigenvalue weighted by Gasteiger charge is 2.10. The zero-order valence-corrected chi connectivity index (χ0v) is 13.0. The van der Waals surface area contributed by atoms with E-state index in [2.05, 4.69) is 33.9 Å². The van der Waals surface area contributed by atoms with Gasteiger partial charge in [-0.25, -0.2) is 9.97 Å². The number of ether oxygens (including phenoxy) is 1. The molecule has 0 fully saturated rings. The van der Waals surface area contributed by atoms with Crippen LogP contribution in [0.2, 0.25) is 0 Å². The standard InChI is InChI=1S/C16H20ClN3O/c1-2-10-21-16-11-15(18-13-19-16)20(9-8-17)12-14-6-4-3-5-7-14/h3-7,11,13H,2,8-10,12H2,1H3. The Labute approximate surface area is 130 Å². The number of rotatable bonds is 8. The van der Waals surface area contributed by atoms with E-state index in [0.717, 1.165) is 25.3 Å². The summed E-state index contributed by atoms with van der Waals surface area (Å²) < 4.78 is 5.56. The average molecular weight is 306 g/mol. The van der Waals surface area contributed by atoms with Crippen molar-refractivity contribution in [1.29, 1.82) is 0 Å². The smallest absolute Gasteiger partial charge is 0.218 e. The maximum atomic E-state index is 5.92. The van der Waals surface area contributed by atoms with Crippen LogP contribution >= 0.6 is 11.6 Å². The van der Waals surface area contributed by atoms with Gasteiger partial charge in [0.1, 0.15) is 12.1 Å². The van der Waals surface area contributed by atoms with Crippen molar-refractivity contribution in [3.05, 3.63) is 48.3 Å². The number of hydrogen-bond donors (Lipinski definition) is 0. The topological polar surface area (TPSA) is 38.2 Å². The zero-order valence-electron chi connectivity index (χ0n) is 12.2. The van der Waals surface area contributed by atoms with Crippen LogP contribution in [0.1, 0.15) is 18.9 Å². The van der Waals surface area contributed by atoms with Crippen LogP contribution in [0.25, 0.3) is 0 Å². The number of benzene rings is 1. The van der Waals surface area contributed by atoms with Crippen molar-refractivity contribution in [1.82, 2.24) is 9.97 Å². The van der Waals surface area contributed by atoms with Gasteiger partial charge in [0, 0.05) is 25.0 Å². The quantitative estimate of drug-likeness (QED) is 0.700. The lowest BCUT2D eigenvalue weighted by Gasteiger charge is -2.23. The number of nitrogens with zero attached hydrogens (tertiary/aromatic N) is 3. The molecule has 0 radical (unpaired) electrons. The molecule has 112 valence electrons. The first-order chi connectivity index (χ1) is 10.3. The minimum absolute atomic E-state index is 0.544. The predicted octanol–water partition coefficient (Wildman–Crippen LogP) is 3.51. The van der Waals surface area contributed by atoms with Crippen molar-refractivity contribution in [2.45, 2.75) is 19.9 Å². The summed E-state index contributed by atoms with van der Waals surface area (Å²) in [6, 6.07) is 12.1. The largest absolute Gasteiger partial charge is 0.478 e. The molecule has 0 saturated carbocycles. The molecule has 2 rings (SSSR count). The lowest BCUT2D eigenvalue weighted by molar-refractivity contribution is 0.304. The fraction of sp³-hybridized carbons (Fsp3) is 0.375. The predicted molar refractivity (Wildman–Crippen MR) is 86.0 cm³/mol. The van der Waals surface area contributed by atoms with Crippen molar-refractivity contribution in [3.8, 4) is 5.88 Å². The maximum Gasteiger partial charge on any atom is 0.218 e. The number of alkyl halides is 1. The maximum absolute atomic E-state index is 5.92. The molecule has 0 amide bonds. The minimum atomic E-state index is 0.544. The van der Waals surface area contributed by atoms with E-state index in [1.54, 1.807) is 0 Å². The highest BCUT2D eigenvalue weighted by Crippen LogP contribution is 2.18. The Kier molecular flexibility index (Phi) is 6.28. The summed E-state index contributed by atoms with van der Waals surface area (Å²) in [5, 5.41) is 0. The van der Waals surface area contributed by atoms with Gasteiger partial charge < -0.3 is 9.64 Å². The molecule has 4 nitrogen and oxygen atoms in total. The second-order valence-corrected chi connectivity index (χ2v) is 5.04. The first-order valence-electron chi connectivity index (χ1n) is 7.13. The lowest BCUT2D eigenvalue weighted by atomic mass is 10.2. The van der Waals surface area contributed by atoms with Gasteiger partial charge in [-0.05, 0) is 12.0 Å². The van der Waals surface area contributed by atoms with E-state index in [4.69, 9.17) is 16.3 Å². The van der Waals surface area contributed by atoms with Gasteiger partial charge in [0.25, 0.3) is 0 Å².